The monoisotopic (exact) mass is 321 g/mol. The second-order valence-corrected chi connectivity index (χ2v) is 5.41. The lowest BCUT2D eigenvalue weighted by atomic mass is 10.2. The smallest absolute Gasteiger partial charge is 0.260 e. The highest BCUT2D eigenvalue weighted by atomic mass is 16.5. The molecule has 1 aliphatic rings. The lowest BCUT2D eigenvalue weighted by Crippen LogP contribution is -2.14. The van der Waals surface area contributed by atoms with Gasteiger partial charge in [-0.2, -0.15) is 0 Å². The fraction of sp³-hybridized carbons (Fsp3) is 0.176. The Kier molecular flexibility index (Phi) is 3.66. The molecule has 1 aromatic carbocycles. The summed E-state index contributed by atoms with van der Waals surface area (Å²) in [5.41, 5.74) is 1.15. The molecule has 7 nitrogen and oxygen atoms in total. The minimum Gasteiger partial charge on any atom is -0.493 e. The molecule has 4 rings (SSSR count). The average Bonchev–Trinajstić information content (AvgIpc) is 3.07. The predicted molar refractivity (Wildman–Crippen MR) is 87.8 cm³/mol. The largest absolute Gasteiger partial charge is 0.493 e. The normalized spacial score (nSPS) is 14.1. The van der Waals surface area contributed by atoms with E-state index in [0.29, 0.717) is 41.8 Å². The number of rotatable bonds is 0. The van der Waals surface area contributed by atoms with Gasteiger partial charge in [-0.05, 0) is 30.7 Å². The first kappa shape index (κ1) is 14.4. The summed E-state index contributed by atoms with van der Waals surface area (Å²) >= 11 is 0. The Morgan fingerprint density at radius 2 is 2.04 bits per heavy atom. The van der Waals surface area contributed by atoms with Crippen LogP contribution in [0.25, 0.3) is 11.5 Å². The van der Waals surface area contributed by atoms with Crippen molar-refractivity contribution in [3.63, 3.8) is 0 Å². The molecule has 0 fully saturated rings. The highest BCUT2D eigenvalue weighted by Gasteiger charge is 2.15. The average molecular weight is 321 g/mol. The van der Waals surface area contributed by atoms with Gasteiger partial charge in [0.25, 0.3) is 5.91 Å². The summed E-state index contributed by atoms with van der Waals surface area (Å²) in [6.07, 6.45) is 2.44. The number of pyridine rings is 1. The number of carbonyl (C=O) groups is 1. The number of anilines is 1. The molecule has 0 radical (unpaired) electrons. The lowest BCUT2D eigenvalue weighted by molar-refractivity contribution is 0.102. The number of carbonyl (C=O) groups excluding carboxylic acids is 1. The van der Waals surface area contributed by atoms with Gasteiger partial charge in [0.1, 0.15) is 23.6 Å². The summed E-state index contributed by atoms with van der Waals surface area (Å²) in [7, 11) is 0. The molecule has 0 saturated heterocycles. The lowest BCUT2D eigenvalue weighted by Gasteiger charge is -2.11. The third-order valence-corrected chi connectivity index (χ3v) is 3.77. The number of aromatic nitrogens is 4. The molecular weight excluding hydrogens is 306 g/mol. The Morgan fingerprint density at radius 3 is 3.00 bits per heavy atom. The molecule has 3 heterocycles. The predicted octanol–water partition coefficient (Wildman–Crippen LogP) is 2.37. The standard InChI is InChI=1S/C17H15N5O2/c23-17-12-5-1-2-7-14(12)24-10-4-9-22-11-18-21-16(22)13-6-3-8-15(19-13)20-17/h1-3,5-8,11H,4,9-10H2,(H,19,20,23). The van der Waals surface area contributed by atoms with Gasteiger partial charge in [0.2, 0.25) is 0 Å². The quantitative estimate of drug-likeness (QED) is 0.687. The Hall–Kier alpha value is -3.22. The summed E-state index contributed by atoms with van der Waals surface area (Å²) in [5, 5.41) is 10.9. The number of ether oxygens (including phenoxy) is 1. The number of aryl methyl sites for hydroxylation is 1. The number of hydrogen-bond acceptors (Lipinski definition) is 5. The van der Waals surface area contributed by atoms with Gasteiger partial charge >= 0.3 is 0 Å². The van der Waals surface area contributed by atoms with Crippen molar-refractivity contribution in [1.82, 2.24) is 19.7 Å². The van der Waals surface area contributed by atoms with Crippen LogP contribution in [0.3, 0.4) is 0 Å². The summed E-state index contributed by atoms with van der Waals surface area (Å²) in [4.78, 5) is 17.0. The molecule has 24 heavy (non-hydrogen) atoms. The molecule has 120 valence electrons. The van der Waals surface area contributed by atoms with Gasteiger partial charge in [0, 0.05) is 6.54 Å². The first-order valence-electron chi connectivity index (χ1n) is 7.70. The molecule has 3 aromatic rings. The number of hydrogen-bond donors (Lipinski definition) is 1. The maximum Gasteiger partial charge on any atom is 0.260 e. The first-order chi connectivity index (χ1) is 11.8. The Bertz CT molecular complexity index is 890. The zero-order chi connectivity index (χ0) is 16.4. The van der Waals surface area contributed by atoms with Crippen molar-refractivity contribution in [1.29, 1.82) is 0 Å². The number of nitrogens with one attached hydrogen (secondary N) is 1. The zero-order valence-electron chi connectivity index (χ0n) is 12.8. The summed E-state index contributed by atoms with van der Waals surface area (Å²) in [6.45, 7) is 1.20. The van der Waals surface area contributed by atoms with Crippen LogP contribution < -0.4 is 10.1 Å². The highest BCUT2D eigenvalue weighted by Crippen LogP contribution is 2.22. The highest BCUT2D eigenvalue weighted by molar-refractivity contribution is 6.05. The number of para-hydroxylation sites is 1. The van der Waals surface area contributed by atoms with Gasteiger partial charge in [0.05, 0.1) is 12.2 Å². The third-order valence-electron chi connectivity index (χ3n) is 3.77. The Balaban J connectivity index is 1.77. The van der Waals surface area contributed by atoms with Gasteiger partial charge < -0.3 is 14.6 Å². The van der Waals surface area contributed by atoms with Crippen LogP contribution in [-0.4, -0.2) is 32.3 Å². The molecule has 2 aromatic heterocycles. The molecule has 0 unspecified atom stereocenters. The minimum absolute atomic E-state index is 0.254. The van der Waals surface area contributed by atoms with Crippen molar-refractivity contribution in [2.75, 3.05) is 11.9 Å². The second-order valence-electron chi connectivity index (χ2n) is 5.41. The zero-order valence-corrected chi connectivity index (χ0v) is 12.8. The molecular formula is C17H15N5O2. The van der Waals surface area contributed by atoms with E-state index in [1.807, 2.05) is 28.8 Å². The van der Waals surface area contributed by atoms with E-state index in [1.54, 1.807) is 24.5 Å². The Labute approximate surface area is 138 Å². The van der Waals surface area contributed by atoms with Crippen molar-refractivity contribution >= 4 is 11.7 Å². The summed E-state index contributed by atoms with van der Waals surface area (Å²) in [5.74, 6) is 1.44. The van der Waals surface area contributed by atoms with E-state index >= 15 is 0 Å². The van der Waals surface area contributed by atoms with Crippen LogP contribution in [0.2, 0.25) is 0 Å². The molecule has 2 bridgehead atoms. The van der Waals surface area contributed by atoms with E-state index in [4.69, 9.17) is 4.74 Å². The SMILES string of the molecule is O=C1Nc2cccc(n2)-c2nncn2CCCOc2ccccc21. The van der Waals surface area contributed by atoms with Crippen molar-refractivity contribution in [2.24, 2.45) is 0 Å². The van der Waals surface area contributed by atoms with Crippen molar-refractivity contribution in [3.8, 4) is 17.3 Å². The van der Waals surface area contributed by atoms with Crippen LogP contribution in [0, 0.1) is 0 Å². The van der Waals surface area contributed by atoms with Gasteiger partial charge in [-0.15, -0.1) is 10.2 Å². The van der Waals surface area contributed by atoms with Crippen LogP contribution in [0.15, 0.2) is 48.8 Å². The van der Waals surface area contributed by atoms with Gasteiger partial charge in [-0.3, -0.25) is 4.79 Å². The van der Waals surface area contributed by atoms with Crippen LogP contribution in [0.4, 0.5) is 5.82 Å². The van der Waals surface area contributed by atoms with Gasteiger partial charge in [0.15, 0.2) is 5.82 Å². The van der Waals surface area contributed by atoms with Gasteiger partial charge in [-0.1, -0.05) is 18.2 Å². The van der Waals surface area contributed by atoms with E-state index in [1.165, 1.54) is 0 Å². The summed E-state index contributed by atoms with van der Waals surface area (Å²) in [6, 6.07) is 12.6. The second kappa shape index (κ2) is 6.11. The molecule has 0 atom stereocenters. The van der Waals surface area contributed by atoms with Crippen LogP contribution in [0.5, 0.6) is 5.75 Å². The van der Waals surface area contributed by atoms with Crippen LogP contribution in [0.1, 0.15) is 16.8 Å². The van der Waals surface area contributed by atoms with E-state index in [9.17, 15) is 4.79 Å². The van der Waals surface area contributed by atoms with E-state index in [0.717, 1.165) is 6.42 Å². The first-order valence-corrected chi connectivity index (χ1v) is 7.70. The van der Waals surface area contributed by atoms with Crippen molar-refractivity contribution in [2.45, 2.75) is 13.0 Å². The van der Waals surface area contributed by atoms with E-state index in [-0.39, 0.29) is 5.91 Å². The van der Waals surface area contributed by atoms with Gasteiger partial charge in [-0.25, -0.2) is 4.98 Å². The third kappa shape index (κ3) is 2.71. The molecule has 1 N–H and O–H groups in total. The van der Waals surface area contributed by atoms with Crippen molar-refractivity contribution in [3.05, 3.63) is 54.4 Å². The topological polar surface area (TPSA) is 81.9 Å². The van der Waals surface area contributed by atoms with Crippen LogP contribution >= 0.6 is 0 Å². The number of amides is 1. The molecule has 0 saturated carbocycles. The molecule has 1 aliphatic heterocycles. The fourth-order valence-corrected chi connectivity index (χ4v) is 2.63. The van der Waals surface area contributed by atoms with Crippen LogP contribution in [-0.2, 0) is 6.54 Å². The number of fused-ring (bicyclic) bond motifs is 5. The number of nitrogens with zero attached hydrogens (tertiary/aromatic N) is 4. The van der Waals surface area contributed by atoms with E-state index < -0.39 is 0 Å². The molecule has 7 heteroatoms. The molecule has 1 amide bonds. The Morgan fingerprint density at radius 1 is 1.12 bits per heavy atom. The maximum absolute atomic E-state index is 12.5. The van der Waals surface area contributed by atoms with E-state index in [2.05, 4.69) is 20.5 Å². The van der Waals surface area contributed by atoms with Crippen molar-refractivity contribution < 1.29 is 9.53 Å². The maximum atomic E-state index is 12.5. The molecule has 0 aliphatic carbocycles. The minimum atomic E-state index is -0.254. The summed E-state index contributed by atoms with van der Waals surface area (Å²) < 4.78 is 7.72. The molecule has 0 spiro atoms. The fourth-order valence-electron chi connectivity index (χ4n) is 2.63. The number of benzene rings is 1.